The molecule has 0 aromatic heterocycles. The third kappa shape index (κ3) is 2.90. The molecule has 0 aliphatic heterocycles. The van der Waals surface area contributed by atoms with Crippen LogP contribution in [0.3, 0.4) is 0 Å². The van der Waals surface area contributed by atoms with E-state index in [9.17, 15) is 4.79 Å². The third-order valence-electron chi connectivity index (χ3n) is 2.57. The van der Waals surface area contributed by atoms with Crippen LogP contribution in [-0.4, -0.2) is 5.78 Å². The van der Waals surface area contributed by atoms with Gasteiger partial charge in [0.1, 0.15) is 11.5 Å². The molecular formula is C15H13ClO2. The van der Waals surface area contributed by atoms with Crippen molar-refractivity contribution in [3.05, 3.63) is 58.6 Å². The van der Waals surface area contributed by atoms with E-state index in [2.05, 4.69) is 0 Å². The lowest BCUT2D eigenvalue weighted by molar-refractivity contribution is 0.101. The maximum atomic E-state index is 11.5. The van der Waals surface area contributed by atoms with E-state index in [1.165, 1.54) is 6.92 Å². The van der Waals surface area contributed by atoms with Gasteiger partial charge in [0.2, 0.25) is 0 Å². The molecule has 0 saturated heterocycles. The minimum Gasteiger partial charge on any atom is -0.457 e. The van der Waals surface area contributed by atoms with Crippen molar-refractivity contribution in [2.24, 2.45) is 0 Å². The number of rotatable bonds is 3. The monoisotopic (exact) mass is 260 g/mol. The molecule has 0 saturated carbocycles. The van der Waals surface area contributed by atoms with Gasteiger partial charge in [-0.1, -0.05) is 29.3 Å². The zero-order valence-electron chi connectivity index (χ0n) is 10.2. The molecule has 0 spiro atoms. The summed E-state index contributed by atoms with van der Waals surface area (Å²) in [5, 5.41) is 0.524. The SMILES string of the molecule is CC(=O)c1cc(Cl)ccc1Oc1ccc(C)cc1. The van der Waals surface area contributed by atoms with Crippen LogP contribution in [0.5, 0.6) is 11.5 Å². The average Bonchev–Trinajstić information content (AvgIpc) is 2.34. The molecule has 0 aliphatic rings. The number of benzene rings is 2. The first-order valence-electron chi connectivity index (χ1n) is 5.61. The van der Waals surface area contributed by atoms with E-state index in [0.29, 0.717) is 22.1 Å². The molecule has 2 nitrogen and oxygen atoms in total. The van der Waals surface area contributed by atoms with Crippen LogP contribution >= 0.6 is 11.6 Å². The Bertz CT molecular complexity index is 574. The highest BCUT2D eigenvalue weighted by Crippen LogP contribution is 2.28. The van der Waals surface area contributed by atoms with Gasteiger partial charge in [-0.05, 0) is 44.2 Å². The molecule has 0 unspecified atom stereocenters. The quantitative estimate of drug-likeness (QED) is 0.752. The van der Waals surface area contributed by atoms with Crippen molar-refractivity contribution in [3.63, 3.8) is 0 Å². The fraction of sp³-hybridized carbons (Fsp3) is 0.133. The number of ether oxygens (including phenoxy) is 1. The second kappa shape index (κ2) is 5.23. The molecule has 0 aliphatic carbocycles. The summed E-state index contributed by atoms with van der Waals surface area (Å²) in [6, 6.07) is 12.7. The van der Waals surface area contributed by atoms with Crippen molar-refractivity contribution in [2.75, 3.05) is 0 Å². The Morgan fingerprint density at radius 3 is 2.39 bits per heavy atom. The van der Waals surface area contributed by atoms with E-state index in [1.807, 2.05) is 31.2 Å². The third-order valence-corrected chi connectivity index (χ3v) is 2.80. The maximum Gasteiger partial charge on any atom is 0.163 e. The zero-order chi connectivity index (χ0) is 13.1. The second-order valence-corrected chi connectivity index (χ2v) is 4.55. The summed E-state index contributed by atoms with van der Waals surface area (Å²) < 4.78 is 5.70. The summed E-state index contributed by atoms with van der Waals surface area (Å²) in [6.45, 7) is 3.50. The lowest BCUT2D eigenvalue weighted by Gasteiger charge is -2.09. The number of halogens is 1. The van der Waals surface area contributed by atoms with Crippen LogP contribution in [0.1, 0.15) is 22.8 Å². The highest BCUT2D eigenvalue weighted by Gasteiger charge is 2.10. The molecule has 2 aromatic rings. The molecule has 92 valence electrons. The van der Waals surface area contributed by atoms with Crippen LogP contribution in [0.2, 0.25) is 5.02 Å². The van der Waals surface area contributed by atoms with Crippen molar-refractivity contribution < 1.29 is 9.53 Å². The first-order valence-corrected chi connectivity index (χ1v) is 5.99. The Balaban J connectivity index is 2.34. The fourth-order valence-corrected chi connectivity index (χ4v) is 1.77. The first-order chi connectivity index (χ1) is 8.56. The standard InChI is InChI=1S/C15H13ClO2/c1-10-3-6-13(7-4-10)18-15-8-5-12(16)9-14(15)11(2)17/h3-9H,1-2H3. The molecule has 3 heteroatoms. The Kier molecular flexibility index (Phi) is 3.68. The van der Waals surface area contributed by atoms with Crippen molar-refractivity contribution in [1.82, 2.24) is 0 Å². The van der Waals surface area contributed by atoms with E-state index >= 15 is 0 Å². The largest absolute Gasteiger partial charge is 0.457 e. The van der Waals surface area contributed by atoms with E-state index < -0.39 is 0 Å². The minimum atomic E-state index is -0.0698. The van der Waals surface area contributed by atoms with Crippen LogP contribution < -0.4 is 4.74 Å². The topological polar surface area (TPSA) is 26.3 Å². The molecule has 0 amide bonds. The van der Waals surface area contributed by atoms with Gasteiger partial charge in [0.25, 0.3) is 0 Å². The lowest BCUT2D eigenvalue weighted by atomic mass is 10.1. The predicted octanol–water partition coefficient (Wildman–Crippen LogP) is 4.64. The highest BCUT2D eigenvalue weighted by molar-refractivity contribution is 6.31. The van der Waals surface area contributed by atoms with Gasteiger partial charge in [-0.25, -0.2) is 0 Å². The van der Waals surface area contributed by atoms with Gasteiger partial charge in [-0.3, -0.25) is 4.79 Å². The smallest absolute Gasteiger partial charge is 0.163 e. The lowest BCUT2D eigenvalue weighted by Crippen LogP contribution is -1.97. The van der Waals surface area contributed by atoms with Crippen molar-refractivity contribution >= 4 is 17.4 Å². The maximum absolute atomic E-state index is 11.5. The molecule has 0 radical (unpaired) electrons. The number of Topliss-reactive ketones (excluding diaryl/α,β-unsaturated/α-hetero) is 1. The Morgan fingerprint density at radius 1 is 1.11 bits per heavy atom. The fourth-order valence-electron chi connectivity index (χ4n) is 1.60. The number of carbonyl (C=O) groups excluding carboxylic acids is 1. The highest BCUT2D eigenvalue weighted by atomic mass is 35.5. The summed E-state index contributed by atoms with van der Waals surface area (Å²) in [5.41, 5.74) is 1.65. The molecule has 0 N–H and O–H groups in total. The van der Waals surface area contributed by atoms with E-state index in [1.54, 1.807) is 18.2 Å². The van der Waals surface area contributed by atoms with E-state index in [-0.39, 0.29) is 5.78 Å². The van der Waals surface area contributed by atoms with Gasteiger partial charge in [-0.2, -0.15) is 0 Å². The zero-order valence-corrected chi connectivity index (χ0v) is 11.0. The van der Waals surface area contributed by atoms with Gasteiger partial charge >= 0.3 is 0 Å². The van der Waals surface area contributed by atoms with Gasteiger partial charge < -0.3 is 4.74 Å². The molecule has 2 aromatic carbocycles. The van der Waals surface area contributed by atoms with Crippen LogP contribution in [0.4, 0.5) is 0 Å². The molecule has 0 bridgehead atoms. The molecule has 0 heterocycles. The second-order valence-electron chi connectivity index (χ2n) is 4.11. The van der Waals surface area contributed by atoms with E-state index in [4.69, 9.17) is 16.3 Å². The Hall–Kier alpha value is -1.80. The van der Waals surface area contributed by atoms with Gasteiger partial charge in [-0.15, -0.1) is 0 Å². The minimum absolute atomic E-state index is 0.0698. The number of ketones is 1. The van der Waals surface area contributed by atoms with Crippen molar-refractivity contribution in [2.45, 2.75) is 13.8 Å². The molecule has 2 rings (SSSR count). The Labute approximate surface area is 111 Å². The van der Waals surface area contributed by atoms with Crippen LogP contribution in [-0.2, 0) is 0 Å². The first kappa shape index (κ1) is 12.7. The van der Waals surface area contributed by atoms with Crippen molar-refractivity contribution in [3.8, 4) is 11.5 Å². The average molecular weight is 261 g/mol. The predicted molar refractivity (Wildman–Crippen MR) is 72.7 cm³/mol. The van der Waals surface area contributed by atoms with E-state index in [0.717, 1.165) is 5.56 Å². The van der Waals surface area contributed by atoms with Crippen LogP contribution in [0, 0.1) is 6.92 Å². The van der Waals surface area contributed by atoms with Gasteiger partial charge in [0.15, 0.2) is 5.78 Å². The summed E-state index contributed by atoms with van der Waals surface area (Å²) in [4.78, 5) is 11.5. The molecule has 0 fully saturated rings. The van der Waals surface area contributed by atoms with Gasteiger partial charge in [0.05, 0.1) is 5.56 Å². The summed E-state index contributed by atoms with van der Waals surface area (Å²) in [5.74, 6) is 1.15. The normalized spacial score (nSPS) is 10.2. The summed E-state index contributed by atoms with van der Waals surface area (Å²) in [6.07, 6.45) is 0. The van der Waals surface area contributed by atoms with Gasteiger partial charge in [0, 0.05) is 5.02 Å². The molecule has 18 heavy (non-hydrogen) atoms. The summed E-state index contributed by atoms with van der Waals surface area (Å²) >= 11 is 5.88. The molecule has 0 atom stereocenters. The number of aryl methyl sites for hydroxylation is 1. The van der Waals surface area contributed by atoms with Crippen LogP contribution in [0.15, 0.2) is 42.5 Å². The number of carbonyl (C=O) groups is 1. The Morgan fingerprint density at radius 2 is 1.78 bits per heavy atom. The van der Waals surface area contributed by atoms with Crippen molar-refractivity contribution in [1.29, 1.82) is 0 Å². The molecular weight excluding hydrogens is 248 g/mol. The number of hydrogen-bond donors (Lipinski definition) is 0. The number of hydrogen-bond acceptors (Lipinski definition) is 2. The van der Waals surface area contributed by atoms with Crippen LogP contribution in [0.25, 0.3) is 0 Å². The summed E-state index contributed by atoms with van der Waals surface area (Å²) in [7, 11) is 0.